The van der Waals surface area contributed by atoms with E-state index < -0.39 is 12.4 Å². The molecular formula is C2H2F2KO2. The molecule has 37 valence electrons. The van der Waals surface area contributed by atoms with Gasteiger partial charge < -0.3 is 5.11 Å². The van der Waals surface area contributed by atoms with Gasteiger partial charge in [0.15, 0.2) is 0 Å². The number of alkyl halides is 2. The van der Waals surface area contributed by atoms with Gasteiger partial charge in [0.2, 0.25) is 0 Å². The number of hydrogen-bond acceptors (Lipinski definition) is 1. The summed E-state index contributed by atoms with van der Waals surface area (Å²) >= 11 is 0. The fourth-order valence-corrected chi connectivity index (χ4v) is 0. The molecule has 0 atom stereocenters. The molecule has 0 saturated heterocycles. The second-order valence-corrected chi connectivity index (χ2v) is 0.639. The fourth-order valence-electron chi connectivity index (χ4n) is 0. The van der Waals surface area contributed by atoms with E-state index in [-0.39, 0.29) is 51.4 Å². The average Bonchev–Trinajstić information content (AvgIpc) is 1.36. The van der Waals surface area contributed by atoms with Crippen LogP contribution in [0.5, 0.6) is 0 Å². The molecule has 1 N–H and O–H groups in total. The number of carbonyl (C=O) groups is 1. The van der Waals surface area contributed by atoms with E-state index in [1.165, 1.54) is 0 Å². The molecule has 0 bridgehead atoms. The molecule has 2 nitrogen and oxygen atoms in total. The van der Waals surface area contributed by atoms with E-state index in [9.17, 15) is 8.78 Å². The van der Waals surface area contributed by atoms with E-state index in [0.717, 1.165) is 0 Å². The van der Waals surface area contributed by atoms with Crippen LogP contribution in [0.25, 0.3) is 0 Å². The van der Waals surface area contributed by atoms with Crippen LogP contribution in [0.15, 0.2) is 0 Å². The Morgan fingerprint density at radius 1 is 1.57 bits per heavy atom. The van der Waals surface area contributed by atoms with Crippen LogP contribution in [-0.2, 0) is 4.79 Å². The third kappa shape index (κ3) is 6.97. The number of halogens is 2. The molecule has 5 heteroatoms. The van der Waals surface area contributed by atoms with Crippen molar-refractivity contribution < 1.29 is 18.7 Å². The monoisotopic (exact) mass is 135 g/mol. The van der Waals surface area contributed by atoms with E-state index in [4.69, 9.17) is 9.90 Å². The van der Waals surface area contributed by atoms with Crippen molar-refractivity contribution in [1.29, 1.82) is 0 Å². The Balaban J connectivity index is 0. The first-order valence-corrected chi connectivity index (χ1v) is 1.15. The van der Waals surface area contributed by atoms with Crippen molar-refractivity contribution in [3.05, 3.63) is 0 Å². The van der Waals surface area contributed by atoms with Crippen LogP contribution < -0.4 is 0 Å². The molecule has 0 aromatic rings. The molecule has 0 amide bonds. The van der Waals surface area contributed by atoms with Crippen LogP contribution >= 0.6 is 0 Å². The van der Waals surface area contributed by atoms with E-state index in [0.29, 0.717) is 0 Å². The van der Waals surface area contributed by atoms with Crippen molar-refractivity contribution in [3.8, 4) is 0 Å². The van der Waals surface area contributed by atoms with Crippen LogP contribution in [-0.4, -0.2) is 68.9 Å². The summed E-state index contributed by atoms with van der Waals surface area (Å²) in [6, 6.07) is 0. The van der Waals surface area contributed by atoms with Gasteiger partial charge in [-0.25, -0.2) is 4.79 Å². The van der Waals surface area contributed by atoms with Crippen molar-refractivity contribution in [2.45, 2.75) is 6.43 Å². The third-order valence-electron chi connectivity index (χ3n) is 0.187. The molecule has 0 rings (SSSR count). The van der Waals surface area contributed by atoms with Gasteiger partial charge in [-0.2, -0.15) is 8.78 Å². The minimum Gasteiger partial charge on any atom is -0.477 e. The van der Waals surface area contributed by atoms with Gasteiger partial charge in [-0.1, -0.05) is 0 Å². The fraction of sp³-hybridized carbons (Fsp3) is 0.500. The average molecular weight is 135 g/mol. The Hall–Kier alpha value is 0.966. The second-order valence-electron chi connectivity index (χ2n) is 0.639. The molecule has 0 aliphatic rings. The first-order valence-electron chi connectivity index (χ1n) is 1.15. The van der Waals surface area contributed by atoms with Gasteiger partial charge in [0.1, 0.15) is 0 Å². The van der Waals surface area contributed by atoms with Gasteiger partial charge in [0.05, 0.1) is 0 Å². The van der Waals surface area contributed by atoms with Crippen LogP contribution in [0.2, 0.25) is 0 Å². The number of carboxylic acid groups (broad SMARTS) is 1. The molecule has 7 heavy (non-hydrogen) atoms. The number of aliphatic carboxylic acids is 1. The topological polar surface area (TPSA) is 37.3 Å². The Labute approximate surface area is 81.3 Å². The Bertz CT molecular complexity index is 64.7. The normalized spacial score (nSPS) is 7.86. The summed E-state index contributed by atoms with van der Waals surface area (Å²) in [4.78, 5) is 8.95. The van der Waals surface area contributed by atoms with Crippen LogP contribution in [0.3, 0.4) is 0 Å². The Morgan fingerprint density at radius 2 is 1.71 bits per heavy atom. The van der Waals surface area contributed by atoms with Crippen molar-refractivity contribution >= 4 is 57.4 Å². The minimum atomic E-state index is -3.23. The predicted molar refractivity (Wildman–Crippen MR) is 19.4 cm³/mol. The summed E-state index contributed by atoms with van der Waals surface area (Å²) in [6.45, 7) is 0. The first kappa shape index (κ1) is 10.9. The van der Waals surface area contributed by atoms with Gasteiger partial charge in [-0.3, -0.25) is 0 Å². The largest absolute Gasteiger partial charge is 0.477 e. The molecule has 0 aliphatic heterocycles. The summed E-state index contributed by atoms with van der Waals surface area (Å²) in [5.74, 6) is -2.07. The summed E-state index contributed by atoms with van der Waals surface area (Å²) in [5.41, 5.74) is 0. The number of rotatable bonds is 1. The number of carboxylic acids is 1. The first-order chi connectivity index (χ1) is 2.64. The van der Waals surface area contributed by atoms with Crippen molar-refractivity contribution in [2.24, 2.45) is 0 Å². The van der Waals surface area contributed by atoms with Crippen molar-refractivity contribution in [3.63, 3.8) is 0 Å². The van der Waals surface area contributed by atoms with Crippen LogP contribution in [0.4, 0.5) is 8.78 Å². The van der Waals surface area contributed by atoms with E-state index in [1.54, 1.807) is 0 Å². The molecular weight excluding hydrogens is 133 g/mol. The van der Waals surface area contributed by atoms with Gasteiger partial charge >= 0.3 is 12.4 Å². The second kappa shape index (κ2) is 5.11. The van der Waals surface area contributed by atoms with Crippen LogP contribution in [0.1, 0.15) is 0 Å². The zero-order valence-corrected chi connectivity index (χ0v) is 6.81. The minimum absolute atomic E-state index is 0. The van der Waals surface area contributed by atoms with Crippen LogP contribution in [0, 0.1) is 0 Å². The maximum Gasteiger partial charge on any atom is 0.371 e. The summed E-state index contributed by atoms with van der Waals surface area (Å²) in [6.07, 6.45) is -3.23. The smallest absolute Gasteiger partial charge is 0.371 e. The van der Waals surface area contributed by atoms with E-state index in [1.807, 2.05) is 0 Å². The molecule has 1 radical (unpaired) electrons. The standard InChI is InChI=1S/C2H2F2O2.K/c3-1(4)2(5)6;/h1H,(H,5,6);. The van der Waals surface area contributed by atoms with Gasteiger partial charge in [-0.05, 0) is 0 Å². The Morgan fingerprint density at radius 3 is 1.71 bits per heavy atom. The Kier molecular flexibility index (Phi) is 7.93. The van der Waals surface area contributed by atoms with Gasteiger partial charge in [-0.15, -0.1) is 0 Å². The number of hydrogen-bond donors (Lipinski definition) is 1. The van der Waals surface area contributed by atoms with E-state index in [2.05, 4.69) is 0 Å². The molecule has 0 aliphatic carbocycles. The molecule has 0 saturated carbocycles. The van der Waals surface area contributed by atoms with E-state index >= 15 is 0 Å². The quantitative estimate of drug-likeness (QED) is 0.512. The van der Waals surface area contributed by atoms with Gasteiger partial charge in [0.25, 0.3) is 0 Å². The summed E-state index contributed by atoms with van der Waals surface area (Å²) in [7, 11) is 0. The summed E-state index contributed by atoms with van der Waals surface area (Å²) in [5, 5.41) is 7.24. The van der Waals surface area contributed by atoms with Gasteiger partial charge in [0, 0.05) is 51.4 Å². The molecule has 0 spiro atoms. The summed E-state index contributed by atoms with van der Waals surface area (Å²) < 4.78 is 21.1. The molecule has 0 fully saturated rings. The molecule has 0 aromatic carbocycles. The molecule has 0 unspecified atom stereocenters. The molecule has 0 aromatic heterocycles. The maximum absolute atomic E-state index is 10.6. The molecule has 0 heterocycles. The maximum atomic E-state index is 10.6. The SMILES string of the molecule is O=C(O)C(F)F.[K]. The predicted octanol–water partition coefficient (Wildman–Crippen LogP) is -0.0447. The zero-order valence-electron chi connectivity index (χ0n) is 3.69. The third-order valence-corrected chi connectivity index (χ3v) is 0.187. The zero-order chi connectivity index (χ0) is 5.15. The van der Waals surface area contributed by atoms with Crippen molar-refractivity contribution in [1.82, 2.24) is 0 Å². The van der Waals surface area contributed by atoms with Crippen molar-refractivity contribution in [2.75, 3.05) is 0 Å².